The Hall–Kier alpha value is -1.13. The second-order valence-electron chi connectivity index (χ2n) is 4.62. The van der Waals surface area contributed by atoms with Gasteiger partial charge in [0, 0.05) is 18.2 Å². The summed E-state index contributed by atoms with van der Waals surface area (Å²) in [6.07, 6.45) is 1.74. The highest BCUT2D eigenvalue weighted by atomic mass is 19.1. The maximum atomic E-state index is 13.1. The number of halogens is 1. The molecule has 0 amide bonds. The van der Waals surface area contributed by atoms with Crippen LogP contribution in [0.3, 0.4) is 0 Å². The highest BCUT2D eigenvalue weighted by Crippen LogP contribution is 2.24. The van der Waals surface area contributed by atoms with Crippen LogP contribution in [0.2, 0.25) is 0 Å². The van der Waals surface area contributed by atoms with Crippen LogP contribution in [-0.2, 0) is 0 Å². The van der Waals surface area contributed by atoms with Crippen LogP contribution in [0.25, 0.3) is 0 Å². The van der Waals surface area contributed by atoms with Gasteiger partial charge in [0.15, 0.2) is 0 Å². The zero-order valence-corrected chi connectivity index (χ0v) is 11.0. The summed E-state index contributed by atoms with van der Waals surface area (Å²) < 4.78 is 13.1. The summed E-state index contributed by atoms with van der Waals surface area (Å²) in [6, 6.07) is 3.84. The van der Waals surface area contributed by atoms with Crippen molar-refractivity contribution in [1.29, 1.82) is 0 Å². The number of rotatable bonds is 7. The van der Waals surface area contributed by atoms with Crippen LogP contribution >= 0.6 is 0 Å². The van der Waals surface area contributed by atoms with E-state index in [0.717, 1.165) is 19.4 Å². The first kappa shape index (κ1) is 14.9. The molecule has 0 heterocycles. The SMILES string of the molecule is CCC(CCO)CNC(C)c1cc(F)ccc1O. The van der Waals surface area contributed by atoms with Crippen molar-refractivity contribution in [3.05, 3.63) is 29.6 Å². The Kier molecular flexibility index (Phi) is 6.09. The molecule has 0 radical (unpaired) electrons. The Morgan fingerprint density at radius 1 is 1.39 bits per heavy atom. The number of phenols is 1. The van der Waals surface area contributed by atoms with Gasteiger partial charge in [-0.05, 0) is 44.0 Å². The monoisotopic (exact) mass is 255 g/mol. The molecule has 0 saturated heterocycles. The van der Waals surface area contributed by atoms with Gasteiger partial charge < -0.3 is 15.5 Å². The highest BCUT2D eigenvalue weighted by molar-refractivity contribution is 5.34. The molecule has 2 unspecified atom stereocenters. The second kappa shape index (κ2) is 7.34. The van der Waals surface area contributed by atoms with Crippen LogP contribution in [0, 0.1) is 11.7 Å². The number of hydrogen-bond donors (Lipinski definition) is 3. The Morgan fingerprint density at radius 3 is 2.72 bits per heavy atom. The van der Waals surface area contributed by atoms with Gasteiger partial charge in [-0.15, -0.1) is 0 Å². The maximum Gasteiger partial charge on any atom is 0.123 e. The van der Waals surface area contributed by atoms with Crippen molar-refractivity contribution in [2.45, 2.75) is 32.7 Å². The van der Waals surface area contributed by atoms with Crippen molar-refractivity contribution in [3.8, 4) is 5.75 Å². The van der Waals surface area contributed by atoms with Crippen LogP contribution in [-0.4, -0.2) is 23.4 Å². The van der Waals surface area contributed by atoms with E-state index in [2.05, 4.69) is 12.2 Å². The molecule has 1 aromatic rings. The molecule has 2 atom stereocenters. The van der Waals surface area contributed by atoms with E-state index < -0.39 is 0 Å². The first-order valence-electron chi connectivity index (χ1n) is 6.41. The lowest BCUT2D eigenvalue weighted by molar-refractivity contribution is 0.249. The average molecular weight is 255 g/mol. The predicted octanol–water partition coefficient (Wildman–Crippen LogP) is 2.59. The van der Waals surface area contributed by atoms with Gasteiger partial charge in [0.25, 0.3) is 0 Å². The lowest BCUT2D eigenvalue weighted by Gasteiger charge is -2.20. The van der Waals surface area contributed by atoms with Crippen molar-refractivity contribution < 1.29 is 14.6 Å². The maximum absolute atomic E-state index is 13.1. The zero-order valence-electron chi connectivity index (χ0n) is 11.0. The molecular weight excluding hydrogens is 233 g/mol. The summed E-state index contributed by atoms with van der Waals surface area (Å²) in [5.41, 5.74) is 0.564. The Balaban J connectivity index is 2.59. The molecule has 1 aromatic carbocycles. The number of aromatic hydroxyl groups is 1. The largest absolute Gasteiger partial charge is 0.508 e. The Morgan fingerprint density at radius 2 is 2.11 bits per heavy atom. The Labute approximate surface area is 108 Å². The number of aliphatic hydroxyl groups excluding tert-OH is 1. The average Bonchev–Trinajstić information content (AvgIpc) is 2.37. The van der Waals surface area contributed by atoms with Gasteiger partial charge in [0.1, 0.15) is 11.6 Å². The standard InChI is InChI=1S/C14H22FNO2/c1-3-11(6-7-17)9-16-10(2)13-8-12(15)4-5-14(13)18/h4-5,8,10-11,16-18H,3,6-7,9H2,1-2H3. The normalized spacial score (nSPS) is 14.4. The smallest absolute Gasteiger partial charge is 0.123 e. The number of benzene rings is 1. The molecule has 0 spiro atoms. The van der Waals surface area contributed by atoms with E-state index >= 15 is 0 Å². The van der Waals surface area contributed by atoms with E-state index in [1.54, 1.807) is 0 Å². The third-order valence-corrected chi connectivity index (χ3v) is 3.28. The topological polar surface area (TPSA) is 52.5 Å². The number of aliphatic hydroxyl groups is 1. The lowest BCUT2D eigenvalue weighted by atomic mass is 10.0. The minimum atomic E-state index is -0.348. The molecule has 0 fully saturated rings. The van der Waals surface area contributed by atoms with Crippen LogP contribution in [0.15, 0.2) is 18.2 Å². The minimum absolute atomic E-state index is 0.103. The van der Waals surface area contributed by atoms with Gasteiger partial charge in [0.05, 0.1) is 0 Å². The predicted molar refractivity (Wildman–Crippen MR) is 70.0 cm³/mol. The molecule has 3 nitrogen and oxygen atoms in total. The van der Waals surface area contributed by atoms with Gasteiger partial charge in [-0.25, -0.2) is 4.39 Å². The molecule has 0 saturated carbocycles. The third-order valence-electron chi connectivity index (χ3n) is 3.28. The number of nitrogens with one attached hydrogen (secondary N) is 1. The number of phenolic OH excluding ortho intramolecular Hbond substituents is 1. The molecule has 4 heteroatoms. The third kappa shape index (κ3) is 4.27. The van der Waals surface area contributed by atoms with E-state index in [0.29, 0.717) is 11.5 Å². The fraction of sp³-hybridized carbons (Fsp3) is 0.571. The van der Waals surface area contributed by atoms with Gasteiger partial charge >= 0.3 is 0 Å². The molecule has 3 N–H and O–H groups in total. The fourth-order valence-corrected chi connectivity index (χ4v) is 1.96. The van der Waals surface area contributed by atoms with Crippen molar-refractivity contribution in [2.75, 3.05) is 13.2 Å². The molecule has 0 aliphatic heterocycles. The molecule has 18 heavy (non-hydrogen) atoms. The summed E-state index contributed by atoms with van der Waals surface area (Å²) >= 11 is 0. The zero-order chi connectivity index (χ0) is 13.5. The summed E-state index contributed by atoms with van der Waals surface area (Å²) in [4.78, 5) is 0. The van der Waals surface area contributed by atoms with Gasteiger partial charge in [0.2, 0.25) is 0 Å². The van der Waals surface area contributed by atoms with Crippen LogP contribution in [0.5, 0.6) is 5.75 Å². The molecular formula is C14H22FNO2. The van der Waals surface area contributed by atoms with Crippen molar-refractivity contribution in [2.24, 2.45) is 5.92 Å². The summed E-state index contributed by atoms with van der Waals surface area (Å²) in [5, 5.41) is 21.9. The van der Waals surface area contributed by atoms with E-state index in [9.17, 15) is 9.50 Å². The van der Waals surface area contributed by atoms with Gasteiger partial charge in [-0.1, -0.05) is 13.3 Å². The minimum Gasteiger partial charge on any atom is -0.508 e. The molecule has 0 bridgehead atoms. The molecule has 0 aliphatic carbocycles. The molecule has 0 aliphatic rings. The van der Waals surface area contributed by atoms with Gasteiger partial charge in [-0.2, -0.15) is 0 Å². The first-order valence-corrected chi connectivity index (χ1v) is 6.41. The second-order valence-corrected chi connectivity index (χ2v) is 4.62. The van der Waals surface area contributed by atoms with Crippen LogP contribution in [0.4, 0.5) is 4.39 Å². The Bertz CT molecular complexity index is 371. The summed E-state index contributed by atoms with van der Waals surface area (Å²) in [6.45, 7) is 4.89. The molecule has 1 rings (SSSR count). The highest BCUT2D eigenvalue weighted by Gasteiger charge is 2.13. The van der Waals surface area contributed by atoms with E-state index in [1.807, 2.05) is 6.92 Å². The van der Waals surface area contributed by atoms with Crippen LogP contribution in [0.1, 0.15) is 38.3 Å². The number of hydrogen-bond acceptors (Lipinski definition) is 3. The van der Waals surface area contributed by atoms with E-state index in [-0.39, 0.29) is 24.2 Å². The van der Waals surface area contributed by atoms with E-state index in [1.165, 1.54) is 18.2 Å². The van der Waals surface area contributed by atoms with Crippen molar-refractivity contribution in [3.63, 3.8) is 0 Å². The molecule has 102 valence electrons. The summed E-state index contributed by atoms with van der Waals surface area (Å²) in [5.74, 6) is 0.151. The summed E-state index contributed by atoms with van der Waals surface area (Å²) in [7, 11) is 0. The van der Waals surface area contributed by atoms with E-state index in [4.69, 9.17) is 5.11 Å². The lowest BCUT2D eigenvalue weighted by Crippen LogP contribution is -2.26. The van der Waals surface area contributed by atoms with Crippen molar-refractivity contribution >= 4 is 0 Å². The first-order chi connectivity index (χ1) is 8.58. The van der Waals surface area contributed by atoms with Crippen molar-refractivity contribution in [1.82, 2.24) is 5.32 Å². The van der Waals surface area contributed by atoms with Crippen LogP contribution < -0.4 is 5.32 Å². The quantitative estimate of drug-likeness (QED) is 0.702. The van der Waals surface area contributed by atoms with Gasteiger partial charge in [-0.3, -0.25) is 0 Å². The molecule has 0 aromatic heterocycles. The fourth-order valence-electron chi connectivity index (χ4n) is 1.96.